The van der Waals surface area contributed by atoms with Gasteiger partial charge in [0.1, 0.15) is 5.75 Å². The van der Waals surface area contributed by atoms with Crippen molar-refractivity contribution in [1.29, 1.82) is 0 Å². The number of para-hydroxylation sites is 3. The first-order valence-electron chi connectivity index (χ1n) is 7.50. The average Bonchev–Trinajstić information content (AvgIpc) is 2.54. The van der Waals surface area contributed by atoms with Gasteiger partial charge >= 0.3 is 0 Å². The summed E-state index contributed by atoms with van der Waals surface area (Å²) in [5, 5.41) is 0. The lowest BCUT2D eigenvalue weighted by molar-refractivity contribution is 0.301. The molecule has 0 unspecified atom stereocenters. The van der Waals surface area contributed by atoms with E-state index in [0.717, 1.165) is 35.7 Å². The van der Waals surface area contributed by atoms with Gasteiger partial charge in [-0.1, -0.05) is 44.2 Å². The minimum absolute atomic E-state index is 0.0232. The lowest BCUT2D eigenvalue weighted by Gasteiger charge is -2.17. The van der Waals surface area contributed by atoms with Crippen molar-refractivity contribution in [3.63, 3.8) is 0 Å². The van der Waals surface area contributed by atoms with E-state index in [2.05, 4.69) is 13.8 Å². The van der Waals surface area contributed by atoms with Crippen molar-refractivity contribution >= 4 is 0 Å². The molecule has 0 aliphatic heterocycles. The Morgan fingerprint density at radius 3 is 2.19 bits per heavy atom. The lowest BCUT2D eigenvalue weighted by Crippen LogP contribution is -2.10. The highest BCUT2D eigenvalue weighted by atomic mass is 16.5. The Labute approximate surface area is 126 Å². The summed E-state index contributed by atoms with van der Waals surface area (Å²) in [4.78, 5) is 0. The number of benzene rings is 2. The summed E-state index contributed by atoms with van der Waals surface area (Å²) in [6.07, 6.45) is 1.83. The van der Waals surface area contributed by atoms with Crippen LogP contribution in [0.3, 0.4) is 0 Å². The number of rotatable bonds is 7. The van der Waals surface area contributed by atoms with Crippen molar-refractivity contribution in [2.24, 2.45) is 5.73 Å². The van der Waals surface area contributed by atoms with Gasteiger partial charge < -0.3 is 15.2 Å². The maximum Gasteiger partial charge on any atom is 0.169 e. The Hall–Kier alpha value is -2.00. The van der Waals surface area contributed by atoms with Crippen LogP contribution in [-0.4, -0.2) is 6.61 Å². The summed E-state index contributed by atoms with van der Waals surface area (Å²) in [6, 6.07) is 15.6. The van der Waals surface area contributed by atoms with Gasteiger partial charge in [0, 0.05) is 11.6 Å². The van der Waals surface area contributed by atoms with Gasteiger partial charge in [0.25, 0.3) is 0 Å². The van der Waals surface area contributed by atoms with Gasteiger partial charge in [-0.2, -0.15) is 0 Å². The third kappa shape index (κ3) is 3.99. The fraction of sp³-hybridized carbons (Fsp3) is 0.333. The minimum atomic E-state index is -0.0232. The van der Waals surface area contributed by atoms with Crippen LogP contribution >= 0.6 is 0 Å². The molecule has 0 fully saturated rings. The van der Waals surface area contributed by atoms with Crippen LogP contribution < -0.4 is 15.2 Å². The van der Waals surface area contributed by atoms with Crippen LogP contribution in [0.15, 0.2) is 48.5 Å². The first kappa shape index (κ1) is 15.4. The van der Waals surface area contributed by atoms with Gasteiger partial charge in [-0.3, -0.25) is 0 Å². The molecule has 0 bridgehead atoms. The molecule has 0 aliphatic carbocycles. The van der Waals surface area contributed by atoms with Crippen molar-refractivity contribution in [3.05, 3.63) is 54.1 Å². The quantitative estimate of drug-likeness (QED) is 0.803. The molecule has 0 saturated heterocycles. The first-order chi connectivity index (χ1) is 10.3. The molecule has 2 N–H and O–H groups in total. The van der Waals surface area contributed by atoms with Crippen molar-refractivity contribution in [3.8, 4) is 17.2 Å². The summed E-state index contributed by atoms with van der Waals surface area (Å²) in [5.74, 6) is 2.28. The normalized spacial score (nSPS) is 12.0. The van der Waals surface area contributed by atoms with E-state index < -0.39 is 0 Å². The second-order valence-corrected chi connectivity index (χ2v) is 4.95. The highest BCUT2D eigenvalue weighted by molar-refractivity contribution is 5.45. The second-order valence-electron chi connectivity index (χ2n) is 4.95. The minimum Gasteiger partial charge on any atom is -0.490 e. The zero-order chi connectivity index (χ0) is 15.1. The fourth-order valence-electron chi connectivity index (χ4n) is 2.08. The van der Waals surface area contributed by atoms with Crippen LogP contribution in [0.1, 0.15) is 38.3 Å². The van der Waals surface area contributed by atoms with Crippen LogP contribution in [0, 0.1) is 0 Å². The molecule has 3 heteroatoms. The zero-order valence-electron chi connectivity index (χ0n) is 12.7. The summed E-state index contributed by atoms with van der Waals surface area (Å²) in [7, 11) is 0. The predicted octanol–water partition coefficient (Wildman–Crippen LogP) is 4.68. The molecule has 2 rings (SSSR count). The first-order valence-corrected chi connectivity index (χ1v) is 7.50. The largest absolute Gasteiger partial charge is 0.490 e. The van der Waals surface area contributed by atoms with Gasteiger partial charge in [0.05, 0.1) is 6.61 Å². The molecule has 0 aliphatic rings. The number of hydrogen-bond acceptors (Lipinski definition) is 3. The summed E-state index contributed by atoms with van der Waals surface area (Å²) in [5.41, 5.74) is 7.17. The Morgan fingerprint density at radius 1 is 0.905 bits per heavy atom. The molecule has 1 atom stereocenters. The van der Waals surface area contributed by atoms with Crippen molar-refractivity contribution in [1.82, 2.24) is 0 Å². The maximum atomic E-state index is 6.16. The van der Waals surface area contributed by atoms with Gasteiger partial charge in [-0.05, 0) is 31.0 Å². The standard InChI is InChI=1S/C18H23NO2/c1-3-13-20-17-11-7-8-12-18(17)21-16-10-6-5-9-14(16)15(19)4-2/h5-12,15H,3-4,13,19H2,1-2H3/t15-/m1/s1. The molecular weight excluding hydrogens is 262 g/mol. The Balaban J connectivity index is 2.26. The average molecular weight is 285 g/mol. The third-order valence-electron chi connectivity index (χ3n) is 3.29. The van der Waals surface area contributed by atoms with Crippen LogP contribution in [0.2, 0.25) is 0 Å². The van der Waals surface area contributed by atoms with E-state index in [4.69, 9.17) is 15.2 Å². The molecule has 0 heterocycles. The van der Waals surface area contributed by atoms with Crippen LogP contribution in [0.25, 0.3) is 0 Å². The summed E-state index contributed by atoms with van der Waals surface area (Å²) >= 11 is 0. The predicted molar refractivity (Wildman–Crippen MR) is 86.0 cm³/mol. The molecule has 2 aromatic carbocycles. The summed E-state index contributed by atoms with van der Waals surface area (Å²) in [6.45, 7) is 4.83. The number of hydrogen-bond donors (Lipinski definition) is 1. The van der Waals surface area contributed by atoms with Crippen molar-refractivity contribution in [2.45, 2.75) is 32.7 Å². The van der Waals surface area contributed by atoms with Crippen LogP contribution in [-0.2, 0) is 0 Å². The lowest BCUT2D eigenvalue weighted by atomic mass is 10.0. The Morgan fingerprint density at radius 2 is 1.52 bits per heavy atom. The van der Waals surface area contributed by atoms with Crippen molar-refractivity contribution in [2.75, 3.05) is 6.61 Å². The van der Waals surface area contributed by atoms with Gasteiger partial charge in [0.2, 0.25) is 0 Å². The van der Waals surface area contributed by atoms with Crippen molar-refractivity contribution < 1.29 is 9.47 Å². The highest BCUT2D eigenvalue weighted by Gasteiger charge is 2.12. The summed E-state index contributed by atoms with van der Waals surface area (Å²) < 4.78 is 11.8. The molecule has 0 aromatic heterocycles. The monoisotopic (exact) mass is 285 g/mol. The SMILES string of the molecule is CCCOc1ccccc1Oc1ccccc1[C@H](N)CC. The van der Waals surface area contributed by atoms with E-state index in [9.17, 15) is 0 Å². The molecule has 2 aromatic rings. The highest BCUT2D eigenvalue weighted by Crippen LogP contribution is 2.35. The molecule has 0 radical (unpaired) electrons. The molecule has 0 spiro atoms. The number of nitrogens with two attached hydrogens (primary N) is 1. The van der Waals surface area contributed by atoms with Crippen LogP contribution in [0.4, 0.5) is 0 Å². The van der Waals surface area contributed by atoms with E-state index in [1.54, 1.807) is 0 Å². The van der Waals surface area contributed by atoms with Gasteiger partial charge in [-0.15, -0.1) is 0 Å². The molecule has 0 saturated carbocycles. The van der Waals surface area contributed by atoms with Gasteiger partial charge in [-0.25, -0.2) is 0 Å². The van der Waals surface area contributed by atoms with Crippen LogP contribution in [0.5, 0.6) is 17.2 Å². The molecule has 3 nitrogen and oxygen atoms in total. The maximum absolute atomic E-state index is 6.16. The van der Waals surface area contributed by atoms with E-state index in [1.807, 2.05) is 48.5 Å². The van der Waals surface area contributed by atoms with Gasteiger partial charge in [0.15, 0.2) is 11.5 Å². The Kier molecular flexibility index (Phi) is 5.64. The Bertz CT molecular complexity index is 569. The molecule has 112 valence electrons. The zero-order valence-corrected chi connectivity index (χ0v) is 12.7. The smallest absolute Gasteiger partial charge is 0.169 e. The van der Waals surface area contributed by atoms with E-state index in [1.165, 1.54) is 0 Å². The molecular formula is C18H23NO2. The fourth-order valence-corrected chi connectivity index (χ4v) is 2.08. The molecule has 21 heavy (non-hydrogen) atoms. The van der Waals surface area contributed by atoms with E-state index in [-0.39, 0.29) is 6.04 Å². The topological polar surface area (TPSA) is 44.5 Å². The van der Waals surface area contributed by atoms with E-state index in [0.29, 0.717) is 6.61 Å². The second kappa shape index (κ2) is 7.70. The number of ether oxygens (including phenoxy) is 2. The molecule has 0 amide bonds. The third-order valence-corrected chi connectivity index (χ3v) is 3.29. The van der Waals surface area contributed by atoms with E-state index >= 15 is 0 Å².